The largest absolute Gasteiger partial charge is 0.394 e. The van der Waals surface area contributed by atoms with Gasteiger partial charge in [0, 0.05) is 0 Å². The summed E-state index contributed by atoms with van der Waals surface area (Å²) in [4.78, 5) is 0. The first-order valence-corrected chi connectivity index (χ1v) is 10.1. The standard InChI is InChI=1S/C21H34O3/c1-20-9-7-14(23)11-13(20)3-4-15-16-5-6-18(19(24)12-22)21(16,2)10-8-17(15)20/h3,14-19,22-24H,4-12H2,1-2H3/t14-,15?,16?,17?,18+,19+,20-,21-/m0/s1. The molecule has 0 saturated heterocycles. The molecule has 0 aromatic carbocycles. The van der Waals surface area contributed by atoms with Gasteiger partial charge < -0.3 is 15.3 Å². The predicted molar refractivity (Wildman–Crippen MR) is 94.3 cm³/mol. The van der Waals surface area contributed by atoms with Crippen LogP contribution in [0.25, 0.3) is 0 Å². The smallest absolute Gasteiger partial charge is 0.0804 e. The van der Waals surface area contributed by atoms with Crippen LogP contribution in [0.3, 0.4) is 0 Å². The average molecular weight is 335 g/mol. The van der Waals surface area contributed by atoms with Crippen LogP contribution >= 0.6 is 0 Å². The molecule has 0 aliphatic heterocycles. The summed E-state index contributed by atoms with van der Waals surface area (Å²) in [6.45, 7) is 4.75. The Labute approximate surface area is 146 Å². The van der Waals surface area contributed by atoms with Gasteiger partial charge in [0.25, 0.3) is 0 Å². The Bertz CT molecular complexity index is 529. The zero-order chi connectivity index (χ0) is 17.1. The lowest BCUT2D eigenvalue weighted by Gasteiger charge is -2.58. The highest BCUT2D eigenvalue weighted by Gasteiger charge is 2.59. The predicted octanol–water partition coefficient (Wildman–Crippen LogP) is 3.28. The van der Waals surface area contributed by atoms with E-state index < -0.39 is 6.10 Å². The molecule has 0 spiro atoms. The SMILES string of the molecule is C[C@]12CC[C@H](O)CC1=CCC1C2CC[C@@]2(C)C1CC[C@@H]2[C@H](O)CO. The maximum Gasteiger partial charge on any atom is 0.0804 e. The van der Waals surface area contributed by atoms with Crippen LogP contribution in [-0.4, -0.2) is 34.1 Å². The fourth-order valence-corrected chi connectivity index (χ4v) is 7.44. The molecule has 3 fully saturated rings. The van der Waals surface area contributed by atoms with Gasteiger partial charge in [-0.3, -0.25) is 0 Å². The molecule has 0 bridgehead atoms. The van der Waals surface area contributed by atoms with Crippen LogP contribution in [0.2, 0.25) is 0 Å². The molecule has 0 heterocycles. The lowest BCUT2D eigenvalue weighted by atomic mass is 9.47. The van der Waals surface area contributed by atoms with Crippen LogP contribution in [0.5, 0.6) is 0 Å². The summed E-state index contributed by atoms with van der Waals surface area (Å²) in [5, 5.41) is 29.9. The van der Waals surface area contributed by atoms with Crippen molar-refractivity contribution < 1.29 is 15.3 Å². The number of fused-ring (bicyclic) bond motifs is 5. The number of hydrogen-bond donors (Lipinski definition) is 3. The third-order valence-electron chi connectivity index (χ3n) is 8.80. The average Bonchev–Trinajstić information content (AvgIpc) is 2.92. The third-order valence-corrected chi connectivity index (χ3v) is 8.80. The van der Waals surface area contributed by atoms with Gasteiger partial charge in [0.2, 0.25) is 0 Å². The number of aliphatic hydroxyl groups is 3. The molecule has 136 valence electrons. The molecule has 0 radical (unpaired) electrons. The first-order chi connectivity index (χ1) is 11.4. The third kappa shape index (κ3) is 2.27. The first kappa shape index (κ1) is 17.1. The van der Waals surface area contributed by atoms with Crippen LogP contribution in [0, 0.1) is 34.5 Å². The van der Waals surface area contributed by atoms with Crippen molar-refractivity contribution in [1.82, 2.24) is 0 Å². The molecule has 3 heteroatoms. The van der Waals surface area contributed by atoms with Crippen molar-refractivity contribution >= 4 is 0 Å². The van der Waals surface area contributed by atoms with E-state index in [1.807, 2.05) is 0 Å². The number of rotatable bonds is 2. The minimum atomic E-state index is -0.549. The lowest BCUT2D eigenvalue weighted by molar-refractivity contribution is -0.0779. The Morgan fingerprint density at radius 2 is 1.92 bits per heavy atom. The molecule has 0 amide bonds. The minimum Gasteiger partial charge on any atom is -0.394 e. The Balaban J connectivity index is 1.63. The first-order valence-electron chi connectivity index (χ1n) is 10.1. The second kappa shape index (κ2) is 5.82. The molecule has 3 nitrogen and oxygen atoms in total. The normalized spacial score (nSPS) is 52.0. The molecular formula is C21H34O3. The molecule has 4 aliphatic carbocycles. The summed E-state index contributed by atoms with van der Waals surface area (Å²) < 4.78 is 0. The number of hydrogen-bond acceptors (Lipinski definition) is 3. The van der Waals surface area contributed by atoms with Crippen LogP contribution in [0.4, 0.5) is 0 Å². The van der Waals surface area contributed by atoms with E-state index in [1.54, 1.807) is 0 Å². The van der Waals surface area contributed by atoms with Gasteiger partial charge in [-0.15, -0.1) is 0 Å². The van der Waals surface area contributed by atoms with Crippen LogP contribution < -0.4 is 0 Å². The van der Waals surface area contributed by atoms with Crippen LogP contribution in [0.15, 0.2) is 11.6 Å². The molecule has 0 aromatic rings. The molecule has 3 N–H and O–H groups in total. The highest BCUT2D eigenvalue weighted by atomic mass is 16.3. The topological polar surface area (TPSA) is 60.7 Å². The van der Waals surface area contributed by atoms with Crippen molar-refractivity contribution in [3.63, 3.8) is 0 Å². The summed E-state index contributed by atoms with van der Waals surface area (Å²) in [6.07, 6.45) is 10.6. The van der Waals surface area contributed by atoms with E-state index in [0.29, 0.717) is 5.92 Å². The Morgan fingerprint density at radius 1 is 1.12 bits per heavy atom. The van der Waals surface area contributed by atoms with E-state index in [-0.39, 0.29) is 29.5 Å². The fraction of sp³-hybridized carbons (Fsp3) is 0.905. The van der Waals surface area contributed by atoms with Gasteiger partial charge in [-0.25, -0.2) is 0 Å². The molecule has 24 heavy (non-hydrogen) atoms. The Kier molecular flexibility index (Phi) is 4.14. The van der Waals surface area contributed by atoms with Crippen molar-refractivity contribution in [3.8, 4) is 0 Å². The van der Waals surface area contributed by atoms with Crippen molar-refractivity contribution in [3.05, 3.63) is 11.6 Å². The van der Waals surface area contributed by atoms with Crippen molar-refractivity contribution in [2.45, 2.75) is 77.4 Å². The van der Waals surface area contributed by atoms with Gasteiger partial charge in [-0.05, 0) is 85.9 Å². The van der Waals surface area contributed by atoms with Crippen molar-refractivity contribution in [1.29, 1.82) is 0 Å². The fourth-order valence-electron chi connectivity index (χ4n) is 7.44. The summed E-state index contributed by atoms with van der Waals surface area (Å²) >= 11 is 0. The van der Waals surface area contributed by atoms with Gasteiger partial charge in [0.15, 0.2) is 0 Å². The quantitative estimate of drug-likeness (QED) is 0.679. The van der Waals surface area contributed by atoms with E-state index in [0.717, 1.165) is 43.9 Å². The summed E-state index contributed by atoms with van der Waals surface area (Å²) in [5.74, 6) is 2.42. The summed E-state index contributed by atoms with van der Waals surface area (Å²) in [7, 11) is 0. The van der Waals surface area contributed by atoms with Gasteiger partial charge in [0.05, 0.1) is 18.8 Å². The van der Waals surface area contributed by atoms with Crippen molar-refractivity contribution in [2.24, 2.45) is 34.5 Å². The molecule has 3 unspecified atom stereocenters. The van der Waals surface area contributed by atoms with Crippen LogP contribution in [0.1, 0.15) is 65.2 Å². The van der Waals surface area contributed by atoms with Gasteiger partial charge in [-0.1, -0.05) is 25.5 Å². The van der Waals surface area contributed by atoms with Gasteiger partial charge >= 0.3 is 0 Å². The monoisotopic (exact) mass is 334 g/mol. The maximum absolute atomic E-state index is 10.3. The van der Waals surface area contributed by atoms with Gasteiger partial charge in [-0.2, -0.15) is 0 Å². The summed E-state index contributed by atoms with van der Waals surface area (Å²) in [5.41, 5.74) is 2.01. The molecule has 0 aromatic heterocycles. The highest BCUT2D eigenvalue weighted by molar-refractivity contribution is 5.25. The highest BCUT2D eigenvalue weighted by Crippen LogP contribution is 2.66. The maximum atomic E-state index is 10.3. The van der Waals surface area contributed by atoms with Crippen molar-refractivity contribution in [2.75, 3.05) is 6.61 Å². The molecule has 4 aliphatic rings. The molecule has 3 saturated carbocycles. The second-order valence-electron chi connectivity index (χ2n) is 9.63. The zero-order valence-corrected chi connectivity index (χ0v) is 15.2. The van der Waals surface area contributed by atoms with Crippen LogP contribution in [-0.2, 0) is 0 Å². The molecule has 4 rings (SSSR count). The number of aliphatic hydroxyl groups excluding tert-OH is 3. The molecule has 8 atom stereocenters. The summed E-state index contributed by atoms with van der Waals surface area (Å²) in [6, 6.07) is 0. The van der Waals surface area contributed by atoms with E-state index in [4.69, 9.17) is 0 Å². The van der Waals surface area contributed by atoms with Gasteiger partial charge in [0.1, 0.15) is 0 Å². The lowest BCUT2D eigenvalue weighted by Crippen LogP contribution is -2.51. The minimum absolute atomic E-state index is 0.0965. The van der Waals surface area contributed by atoms with E-state index in [9.17, 15) is 15.3 Å². The van der Waals surface area contributed by atoms with E-state index in [1.165, 1.54) is 24.8 Å². The molecular weight excluding hydrogens is 300 g/mol. The Hall–Kier alpha value is -0.380. The van der Waals surface area contributed by atoms with E-state index in [2.05, 4.69) is 19.9 Å². The second-order valence-corrected chi connectivity index (χ2v) is 9.63. The Morgan fingerprint density at radius 3 is 2.67 bits per heavy atom. The zero-order valence-electron chi connectivity index (χ0n) is 15.2. The number of allylic oxidation sites excluding steroid dienone is 1. The van der Waals surface area contributed by atoms with E-state index >= 15 is 0 Å².